The van der Waals surface area contributed by atoms with Crippen molar-refractivity contribution >= 4 is 35.2 Å². The molecule has 12 heteroatoms. The van der Waals surface area contributed by atoms with Crippen LogP contribution in [-0.4, -0.2) is 71.9 Å². The van der Waals surface area contributed by atoms with Crippen LogP contribution in [0.2, 0.25) is 0 Å². The summed E-state index contributed by atoms with van der Waals surface area (Å²) in [6, 6.07) is 16.9. The van der Waals surface area contributed by atoms with E-state index in [-0.39, 0.29) is 24.3 Å². The van der Waals surface area contributed by atoms with Crippen LogP contribution in [0, 0.1) is 6.92 Å². The van der Waals surface area contributed by atoms with E-state index >= 15 is 0 Å². The van der Waals surface area contributed by atoms with E-state index in [4.69, 9.17) is 31.4 Å². The molecule has 2 amide bonds. The third-order valence-corrected chi connectivity index (χ3v) is 10.7. The summed E-state index contributed by atoms with van der Waals surface area (Å²) in [6.07, 6.45) is -0.265. The number of nitrogens with zero attached hydrogens (tertiary/aromatic N) is 1. The molecule has 0 spiro atoms. The van der Waals surface area contributed by atoms with Gasteiger partial charge in [-0.05, 0) is 86.7 Å². The third kappa shape index (κ3) is 6.13. The largest absolute Gasteiger partial charge is 0.457 e. The summed E-state index contributed by atoms with van der Waals surface area (Å²) in [5.74, 6) is -0.0489. The number of aryl methyl sites for hydroxylation is 1. The number of piperidine rings is 1. The number of ketones is 1. The van der Waals surface area contributed by atoms with Gasteiger partial charge in [0.05, 0.1) is 23.9 Å². The number of rotatable bonds is 6. The van der Waals surface area contributed by atoms with Gasteiger partial charge < -0.3 is 41.6 Å². The van der Waals surface area contributed by atoms with Gasteiger partial charge in [-0.15, -0.1) is 11.8 Å². The fourth-order valence-electron chi connectivity index (χ4n) is 7.05. The van der Waals surface area contributed by atoms with Crippen molar-refractivity contribution < 1.29 is 28.6 Å². The Labute approximate surface area is 284 Å². The molecule has 1 fully saturated rings. The van der Waals surface area contributed by atoms with Crippen LogP contribution in [0.25, 0.3) is 0 Å². The van der Waals surface area contributed by atoms with Crippen molar-refractivity contribution in [3.63, 3.8) is 0 Å². The van der Waals surface area contributed by atoms with Gasteiger partial charge in [0.1, 0.15) is 22.6 Å². The van der Waals surface area contributed by atoms with E-state index in [0.717, 1.165) is 11.1 Å². The molecule has 0 bridgehead atoms. The number of benzene rings is 3. The van der Waals surface area contributed by atoms with Crippen molar-refractivity contribution in [1.82, 2.24) is 10.2 Å². The summed E-state index contributed by atoms with van der Waals surface area (Å²) in [4.78, 5) is 43.6. The standard InChI is InChI=1S/C36H43N5O6S/c1-19-15-22(46-21-9-7-6-8-10-21)11-12-24(19)36(39)25-13-14-26(37)30-27(25)28(29(38)32(36)42)31(48-30)33(43)40-20-16-23(45-5)18-41(17-20)34(44)47-35(2,3)4/h6-15,20,23,28-29,31H,16-18,37-39H2,1-5H3,(H,40,43)/t20-,23-,28?,29?,31?,36?/m1/s1. The molecule has 2 heterocycles. The number of nitrogen functional groups attached to an aromatic ring is 1. The van der Waals surface area contributed by atoms with E-state index in [9.17, 15) is 14.4 Å². The molecule has 6 rings (SSSR count). The van der Waals surface area contributed by atoms with E-state index in [1.54, 1.807) is 57.0 Å². The number of Topliss-reactive ketones (excluding diaryl/α,β-unsaturated/α-hetero) is 1. The Balaban J connectivity index is 1.28. The van der Waals surface area contributed by atoms with Gasteiger partial charge in [0.15, 0.2) is 5.78 Å². The number of anilines is 1. The quantitative estimate of drug-likeness (QED) is 0.278. The molecule has 3 aromatic carbocycles. The molecule has 48 heavy (non-hydrogen) atoms. The van der Waals surface area contributed by atoms with Gasteiger partial charge in [-0.3, -0.25) is 9.59 Å². The Bertz CT molecular complexity index is 1750. The van der Waals surface area contributed by atoms with Gasteiger partial charge in [0, 0.05) is 36.2 Å². The Hall–Kier alpha value is -4.10. The fraction of sp³-hybridized carbons (Fsp3) is 0.417. The van der Waals surface area contributed by atoms with Crippen LogP contribution >= 0.6 is 11.8 Å². The summed E-state index contributed by atoms with van der Waals surface area (Å²) >= 11 is 1.30. The lowest BCUT2D eigenvalue weighted by molar-refractivity contribution is -0.126. The monoisotopic (exact) mass is 673 g/mol. The number of amides is 2. The van der Waals surface area contributed by atoms with Gasteiger partial charge in [0.2, 0.25) is 5.91 Å². The predicted octanol–water partition coefficient (Wildman–Crippen LogP) is 4.18. The second-order valence-electron chi connectivity index (χ2n) is 13.8. The summed E-state index contributed by atoms with van der Waals surface area (Å²) in [6.45, 7) is 7.89. The van der Waals surface area contributed by atoms with E-state index in [1.165, 1.54) is 11.8 Å². The van der Waals surface area contributed by atoms with Crippen molar-refractivity contribution in [3.8, 4) is 11.5 Å². The maximum absolute atomic E-state index is 14.4. The maximum Gasteiger partial charge on any atom is 0.410 e. The minimum Gasteiger partial charge on any atom is -0.457 e. The van der Waals surface area contributed by atoms with E-state index in [0.29, 0.717) is 46.2 Å². The SMILES string of the molecule is CO[C@@H]1C[C@@H](NC(=O)C2Sc3c(N)ccc4c3C2C(N)C(=O)C4(N)c2ccc(Oc3ccccc3)cc2C)CN(C(=O)OC(C)(C)C)C1. The first kappa shape index (κ1) is 33.8. The number of thioether (sulfide) groups is 1. The first-order valence-corrected chi connectivity index (χ1v) is 16.9. The van der Waals surface area contributed by atoms with E-state index in [2.05, 4.69) is 5.32 Å². The normalized spacial score (nSPS) is 26.5. The number of ether oxygens (including phenoxy) is 3. The molecule has 0 radical (unpaired) electrons. The molecule has 4 unspecified atom stereocenters. The van der Waals surface area contributed by atoms with Gasteiger partial charge in [-0.1, -0.05) is 30.3 Å². The van der Waals surface area contributed by atoms with Crippen molar-refractivity contribution in [2.24, 2.45) is 11.5 Å². The highest BCUT2D eigenvalue weighted by molar-refractivity contribution is 8.01. The molecule has 1 saturated heterocycles. The highest BCUT2D eigenvalue weighted by atomic mass is 32.2. The second-order valence-corrected chi connectivity index (χ2v) is 14.9. The first-order chi connectivity index (χ1) is 22.7. The zero-order valence-corrected chi connectivity index (χ0v) is 28.6. The number of methoxy groups -OCH3 is 1. The predicted molar refractivity (Wildman–Crippen MR) is 184 cm³/mol. The second kappa shape index (κ2) is 12.7. The topological polar surface area (TPSA) is 172 Å². The fourth-order valence-corrected chi connectivity index (χ4v) is 8.51. The number of carbonyl (C=O) groups excluding carboxylic acids is 3. The van der Waals surface area contributed by atoms with Gasteiger partial charge in [-0.2, -0.15) is 0 Å². The van der Waals surface area contributed by atoms with Crippen molar-refractivity contribution in [2.45, 2.75) is 79.5 Å². The van der Waals surface area contributed by atoms with Gasteiger partial charge in [0.25, 0.3) is 0 Å². The minimum absolute atomic E-state index is 0.253. The molecule has 3 aromatic rings. The maximum atomic E-state index is 14.4. The van der Waals surface area contributed by atoms with Crippen LogP contribution in [-0.2, 0) is 24.6 Å². The lowest BCUT2D eigenvalue weighted by Crippen LogP contribution is -2.61. The molecule has 11 nitrogen and oxygen atoms in total. The van der Waals surface area contributed by atoms with Crippen LogP contribution in [0.4, 0.5) is 10.5 Å². The number of nitrogens with two attached hydrogens (primary N) is 3. The van der Waals surface area contributed by atoms with Gasteiger partial charge in [-0.25, -0.2) is 4.79 Å². The number of hydrogen-bond donors (Lipinski definition) is 4. The molecule has 254 valence electrons. The molecular weight excluding hydrogens is 630 g/mol. The van der Waals surface area contributed by atoms with Crippen molar-refractivity contribution in [2.75, 3.05) is 25.9 Å². The molecule has 3 aliphatic rings. The highest BCUT2D eigenvalue weighted by Gasteiger charge is 2.57. The highest BCUT2D eigenvalue weighted by Crippen LogP contribution is 2.56. The molecule has 7 N–H and O–H groups in total. The van der Waals surface area contributed by atoms with Crippen LogP contribution in [0.15, 0.2) is 65.6 Å². The van der Waals surface area contributed by atoms with Crippen LogP contribution in [0.1, 0.15) is 55.4 Å². The molecule has 1 aliphatic carbocycles. The third-order valence-electron chi connectivity index (χ3n) is 9.24. The zero-order chi connectivity index (χ0) is 34.5. The first-order valence-electron chi connectivity index (χ1n) is 16.0. The van der Waals surface area contributed by atoms with E-state index < -0.39 is 40.5 Å². The summed E-state index contributed by atoms with van der Waals surface area (Å²) < 4.78 is 17.2. The molecule has 6 atom stereocenters. The summed E-state index contributed by atoms with van der Waals surface area (Å²) in [5, 5.41) is 2.37. The Kier molecular flexibility index (Phi) is 8.97. The Morgan fingerprint density at radius 2 is 1.73 bits per heavy atom. The zero-order valence-electron chi connectivity index (χ0n) is 27.8. The summed E-state index contributed by atoms with van der Waals surface area (Å²) in [5.41, 5.74) is 21.3. The number of carbonyl (C=O) groups is 3. The number of hydrogen-bond acceptors (Lipinski definition) is 10. The van der Waals surface area contributed by atoms with Crippen LogP contribution in [0.5, 0.6) is 11.5 Å². The van der Waals surface area contributed by atoms with Crippen molar-refractivity contribution in [1.29, 1.82) is 0 Å². The Morgan fingerprint density at radius 3 is 2.40 bits per heavy atom. The lowest BCUT2D eigenvalue weighted by Gasteiger charge is -2.42. The average Bonchev–Trinajstić information content (AvgIpc) is 3.45. The van der Waals surface area contributed by atoms with E-state index in [1.807, 2.05) is 43.3 Å². The van der Waals surface area contributed by atoms with Crippen molar-refractivity contribution in [3.05, 3.63) is 82.9 Å². The van der Waals surface area contributed by atoms with Crippen LogP contribution in [0.3, 0.4) is 0 Å². The molecular formula is C36H43N5O6S. The van der Waals surface area contributed by atoms with Gasteiger partial charge >= 0.3 is 6.09 Å². The smallest absolute Gasteiger partial charge is 0.410 e. The summed E-state index contributed by atoms with van der Waals surface area (Å²) in [7, 11) is 1.58. The number of nitrogens with one attached hydrogen (secondary N) is 1. The molecule has 0 saturated carbocycles. The number of likely N-dealkylation sites (tertiary alicyclic amines) is 1. The molecule has 0 aromatic heterocycles. The minimum atomic E-state index is -1.57. The average molecular weight is 674 g/mol. The van der Waals surface area contributed by atoms with Crippen LogP contribution < -0.4 is 27.3 Å². The lowest BCUT2D eigenvalue weighted by atomic mass is 9.64. The Morgan fingerprint density at radius 1 is 1.02 bits per heavy atom. The number of para-hydroxylation sites is 1. The molecule has 2 aliphatic heterocycles.